The van der Waals surface area contributed by atoms with Gasteiger partial charge in [0.05, 0.1) is 17.9 Å². The average Bonchev–Trinajstić information content (AvgIpc) is 2.68. The van der Waals surface area contributed by atoms with Crippen molar-refractivity contribution in [3.8, 4) is 0 Å². The van der Waals surface area contributed by atoms with E-state index in [1.165, 1.54) is 0 Å². The zero-order valence-electron chi connectivity index (χ0n) is 10.4. The van der Waals surface area contributed by atoms with Gasteiger partial charge in [-0.05, 0) is 19.3 Å². The van der Waals surface area contributed by atoms with E-state index in [-0.39, 0.29) is 18.2 Å². The number of carboxylic acid groups (broad SMARTS) is 1. The first-order valence-corrected chi connectivity index (χ1v) is 6.29. The summed E-state index contributed by atoms with van der Waals surface area (Å²) in [4.78, 5) is 35.9. The maximum Gasteiger partial charge on any atom is 0.309 e. The Balaban J connectivity index is 2.00. The van der Waals surface area contributed by atoms with Crippen molar-refractivity contribution < 1.29 is 19.5 Å². The molecule has 2 N–H and O–H groups in total. The average molecular weight is 254 g/mol. The van der Waals surface area contributed by atoms with Crippen LogP contribution in [0, 0.1) is 5.41 Å². The molecule has 2 aliphatic heterocycles. The number of piperidine rings is 1. The second-order valence-electron chi connectivity index (χ2n) is 5.11. The highest BCUT2D eigenvalue weighted by atomic mass is 16.4. The van der Waals surface area contributed by atoms with Crippen molar-refractivity contribution in [2.75, 3.05) is 13.1 Å². The smallest absolute Gasteiger partial charge is 0.309 e. The monoisotopic (exact) mass is 254 g/mol. The summed E-state index contributed by atoms with van der Waals surface area (Å²) in [6, 6.07) is -0.402. The molecule has 2 heterocycles. The molecule has 2 rings (SSSR count). The summed E-state index contributed by atoms with van der Waals surface area (Å²) in [7, 11) is 0. The molecule has 0 aromatic carbocycles. The Morgan fingerprint density at radius 1 is 1.44 bits per heavy atom. The summed E-state index contributed by atoms with van der Waals surface area (Å²) in [6.07, 6.45) is 1.88. The normalized spacial score (nSPS) is 28.2. The third-order valence-corrected chi connectivity index (χ3v) is 4.27. The van der Waals surface area contributed by atoms with E-state index in [4.69, 9.17) is 0 Å². The number of aliphatic carboxylic acids is 1. The third kappa shape index (κ3) is 2.12. The van der Waals surface area contributed by atoms with Gasteiger partial charge in [-0.15, -0.1) is 0 Å². The Labute approximate surface area is 105 Å². The highest BCUT2D eigenvalue weighted by molar-refractivity contribution is 6.05. The molecule has 2 amide bonds. The number of hydrogen-bond donors (Lipinski definition) is 2. The first kappa shape index (κ1) is 13.0. The molecule has 0 saturated carbocycles. The van der Waals surface area contributed by atoms with E-state index >= 15 is 0 Å². The van der Waals surface area contributed by atoms with Crippen LogP contribution in [0.5, 0.6) is 0 Å². The summed E-state index contributed by atoms with van der Waals surface area (Å²) >= 11 is 0. The number of carbonyl (C=O) groups is 3. The van der Waals surface area contributed by atoms with Gasteiger partial charge in [-0.3, -0.25) is 24.6 Å². The van der Waals surface area contributed by atoms with E-state index in [0.29, 0.717) is 32.4 Å². The fourth-order valence-electron chi connectivity index (χ4n) is 2.82. The van der Waals surface area contributed by atoms with Gasteiger partial charge in [-0.1, -0.05) is 6.92 Å². The lowest BCUT2D eigenvalue weighted by atomic mass is 9.76. The number of carboxylic acids is 1. The van der Waals surface area contributed by atoms with Gasteiger partial charge in [0, 0.05) is 13.1 Å². The molecule has 1 unspecified atom stereocenters. The van der Waals surface area contributed by atoms with Gasteiger partial charge in [-0.2, -0.15) is 0 Å². The van der Waals surface area contributed by atoms with Crippen molar-refractivity contribution in [1.82, 2.24) is 10.2 Å². The largest absolute Gasteiger partial charge is 0.481 e. The zero-order valence-corrected chi connectivity index (χ0v) is 10.4. The lowest BCUT2D eigenvalue weighted by Gasteiger charge is -2.39. The first-order valence-electron chi connectivity index (χ1n) is 6.29. The summed E-state index contributed by atoms with van der Waals surface area (Å²) < 4.78 is 0. The van der Waals surface area contributed by atoms with Crippen LogP contribution in [0.25, 0.3) is 0 Å². The van der Waals surface area contributed by atoms with Crippen LogP contribution < -0.4 is 5.32 Å². The van der Waals surface area contributed by atoms with Crippen molar-refractivity contribution in [1.29, 1.82) is 0 Å². The van der Waals surface area contributed by atoms with Crippen LogP contribution in [-0.4, -0.2) is 46.9 Å². The van der Waals surface area contributed by atoms with Crippen LogP contribution in [0.3, 0.4) is 0 Å². The van der Waals surface area contributed by atoms with Gasteiger partial charge in [0.25, 0.3) is 0 Å². The quantitative estimate of drug-likeness (QED) is 0.691. The Hall–Kier alpha value is -1.43. The Bertz CT molecular complexity index is 386. The molecule has 100 valence electrons. The Morgan fingerprint density at radius 2 is 2.06 bits per heavy atom. The number of nitrogens with zero attached hydrogens (tertiary/aromatic N) is 1. The molecule has 18 heavy (non-hydrogen) atoms. The number of rotatable bonds is 3. The molecule has 0 bridgehead atoms. The molecule has 0 aliphatic carbocycles. The standard InChI is InChI=1S/C12H18N2O4/c1-2-12(11(17)18)3-5-14(6-4-12)8-7-9(15)13-10(8)16/h8H,2-7H2,1H3,(H,17,18)(H,13,15,16). The molecule has 0 aromatic heterocycles. The molecule has 0 aromatic rings. The van der Waals surface area contributed by atoms with E-state index in [2.05, 4.69) is 5.32 Å². The highest BCUT2D eigenvalue weighted by Gasteiger charge is 2.44. The predicted octanol–water partition coefficient (Wildman–Crippen LogP) is -0.0217. The van der Waals surface area contributed by atoms with E-state index in [1.54, 1.807) is 0 Å². The molecule has 2 saturated heterocycles. The van der Waals surface area contributed by atoms with Gasteiger partial charge in [0.15, 0.2) is 0 Å². The fraction of sp³-hybridized carbons (Fsp3) is 0.750. The number of imide groups is 1. The molecule has 2 aliphatic rings. The van der Waals surface area contributed by atoms with Gasteiger partial charge in [0.1, 0.15) is 0 Å². The molecular formula is C12H18N2O4. The number of nitrogens with one attached hydrogen (secondary N) is 1. The minimum Gasteiger partial charge on any atom is -0.481 e. The summed E-state index contributed by atoms with van der Waals surface area (Å²) in [5.74, 6) is -1.24. The van der Waals surface area contributed by atoms with Gasteiger partial charge >= 0.3 is 5.97 Å². The predicted molar refractivity (Wildman–Crippen MR) is 62.7 cm³/mol. The highest BCUT2D eigenvalue weighted by Crippen LogP contribution is 2.36. The second kappa shape index (κ2) is 4.68. The zero-order chi connectivity index (χ0) is 13.3. The Kier molecular flexibility index (Phi) is 3.38. The van der Waals surface area contributed by atoms with Gasteiger partial charge in [-0.25, -0.2) is 0 Å². The van der Waals surface area contributed by atoms with Crippen LogP contribution >= 0.6 is 0 Å². The molecule has 2 fully saturated rings. The van der Waals surface area contributed by atoms with Crippen LogP contribution in [0.4, 0.5) is 0 Å². The van der Waals surface area contributed by atoms with E-state index in [0.717, 1.165) is 0 Å². The lowest BCUT2D eigenvalue weighted by Crippen LogP contribution is -2.49. The molecule has 0 radical (unpaired) electrons. The molecule has 6 heteroatoms. The molecule has 0 spiro atoms. The summed E-state index contributed by atoms with van der Waals surface area (Å²) in [5.41, 5.74) is -0.657. The van der Waals surface area contributed by atoms with Crippen molar-refractivity contribution in [3.05, 3.63) is 0 Å². The topological polar surface area (TPSA) is 86.7 Å². The molecule has 6 nitrogen and oxygen atoms in total. The number of likely N-dealkylation sites (tertiary alicyclic amines) is 1. The van der Waals surface area contributed by atoms with Gasteiger partial charge < -0.3 is 5.11 Å². The number of carbonyl (C=O) groups excluding carboxylic acids is 2. The van der Waals surface area contributed by atoms with Crippen LogP contribution in [0.15, 0.2) is 0 Å². The minimum atomic E-state index is -0.753. The SMILES string of the molecule is CCC1(C(=O)O)CCN(C2CC(=O)NC2=O)CC1. The molecule has 1 atom stereocenters. The minimum absolute atomic E-state index is 0.199. The van der Waals surface area contributed by atoms with Crippen molar-refractivity contribution >= 4 is 17.8 Å². The molecular weight excluding hydrogens is 236 g/mol. The maximum atomic E-state index is 11.6. The van der Waals surface area contributed by atoms with Crippen LogP contribution in [0.2, 0.25) is 0 Å². The fourth-order valence-corrected chi connectivity index (χ4v) is 2.82. The first-order chi connectivity index (χ1) is 8.48. The van der Waals surface area contributed by atoms with Gasteiger partial charge in [0.2, 0.25) is 11.8 Å². The second-order valence-corrected chi connectivity index (χ2v) is 5.11. The number of amides is 2. The number of hydrogen-bond acceptors (Lipinski definition) is 4. The van der Waals surface area contributed by atoms with Crippen molar-refractivity contribution in [3.63, 3.8) is 0 Å². The lowest BCUT2D eigenvalue weighted by molar-refractivity contribution is -0.153. The Morgan fingerprint density at radius 3 is 2.44 bits per heavy atom. The van der Waals surface area contributed by atoms with Crippen LogP contribution in [0.1, 0.15) is 32.6 Å². The third-order valence-electron chi connectivity index (χ3n) is 4.27. The van der Waals surface area contributed by atoms with Crippen molar-refractivity contribution in [2.45, 2.75) is 38.6 Å². The van der Waals surface area contributed by atoms with E-state index in [1.807, 2.05) is 11.8 Å². The van der Waals surface area contributed by atoms with Crippen molar-refractivity contribution in [2.24, 2.45) is 5.41 Å². The maximum absolute atomic E-state index is 11.6. The summed E-state index contributed by atoms with van der Waals surface area (Å²) in [6.45, 7) is 3.01. The van der Waals surface area contributed by atoms with E-state index in [9.17, 15) is 19.5 Å². The van der Waals surface area contributed by atoms with Crippen LogP contribution in [-0.2, 0) is 14.4 Å². The van der Waals surface area contributed by atoms with E-state index < -0.39 is 17.4 Å². The summed E-state index contributed by atoms with van der Waals surface area (Å²) in [5, 5.41) is 11.6.